The van der Waals surface area contributed by atoms with Gasteiger partial charge in [0.05, 0.1) is 12.0 Å². The van der Waals surface area contributed by atoms with Crippen LogP contribution in [0.4, 0.5) is 0 Å². The molecule has 2 amide bonds. The van der Waals surface area contributed by atoms with Gasteiger partial charge in [0.25, 0.3) is 0 Å². The average Bonchev–Trinajstić information content (AvgIpc) is 2.88. The van der Waals surface area contributed by atoms with Crippen LogP contribution in [0.15, 0.2) is 0 Å². The lowest BCUT2D eigenvalue weighted by molar-refractivity contribution is -0.129. The first-order valence-electron chi connectivity index (χ1n) is 6.81. The van der Waals surface area contributed by atoms with Crippen molar-refractivity contribution in [2.75, 3.05) is 6.54 Å². The lowest BCUT2D eigenvalue weighted by Gasteiger charge is -2.23. The molecule has 0 bridgehead atoms. The Balaban J connectivity index is 1.70. The van der Waals surface area contributed by atoms with Crippen molar-refractivity contribution >= 4 is 35.0 Å². The minimum absolute atomic E-state index is 0.00518. The molecule has 0 heterocycles. The molecule has 0 unspecified atom stereocenters. The van der Waals surface area contributed by atoms with Crippen LogP contribution in [0.3, 0.4) is 0 Å². The number of nitrogens with one attached hydrogen (secondary N) is 2. The topological polar surface area (TPSA) is 58.2 Å². The third-order valence-electron chi connectivity index (χ3n) is 4.14. The van der Waals surface area contributed by atoms with Gasteiger partial charge in [-0.25, -0.2) is 0 Å². The normalized spacial score (nSPS) is 29.6. The van der Waals surface area contributed by atoms with Crippen LogP contribution in [-0.2, 0) is 9.59 Å². The number of rotatable bonds is 4. The summed E-state index contributed by atoms with van der Waals surface area (Å²) < 4.78 is -0.989. The van der Waals surface area contributed by atoms with E-state index in [-0.39, 0.29) is 24.4 Å². The SMILES string of the molecule is C[C@@]1(C(=O)NCC(=O)NC2CCCCC2)CC1(Cl)Cl. The summed E-state index contributed by atoms with van der Waals surface area (Å²) in [5.74, 6) is -0.393. The highest BCUT2D eigenvalue weighted by atomic mass is 35.5. The molecule has 0 radical (unpaired) electrons. The summed E-state index contributed by atoms with van der Waals surface area (Å²) in [6.07, 6.45) is 6.06. The standard InChI is InChI=1S/C13H20Cl2N2O2/c1-12(8-13(12,14)15)11(19)16-7-10(18)17-9-5-3-2-4-6-9/h9H,2-8H2,1H3,(H,16,19)(H,17,18)/t12-/m0/s1. The largest absolute Gasteiger partial charge is 0.352 e. The van der Waals surface area contributed by atoms with Gasteiger partial charge in [-0.05, 0) is 26.2 Å². The molecule has 19 heavy (non-hydrogen) atoms. The van der Waals surface area contributed by atoms with Crippen molar-refractivity contribution < 1.29 is 9.59 Å². The van der Waals surface area contributed by atoms with Crippen LogP contribution in [0.2, 0.25) is 0 Å². The van der Waals surface area contributed by atoms with E-state index in [4.69, 9.17) is 23.2 Å². The number of hydrogen-bond donors (Lipinski definition) is 2. The van der Waals surface area contributed by atoms with E-state index in [1.165, 1.54) is 6.42 Å². The Morgan fingerprint density at radius 3 is 2.32 bits per heavy atom. The zero-order chi connectivity index (χ0) is 14.1. The first-order chi connectivity index (χ1) is 8.85. The van der Waals surface area contributed by atoms with Crippen molar-refractivity contribution in [1.29, 1.82) is 0 Å². The van der Waals surface area contributed by atoms with Crippen LogP contribution >= 0.6 is 23.2 Å². The van der Waals surface area contributed by atoms with Crippen LogP contribution < -0.4 is 10.6 Å². The van der Waals surface area contributed by atoms with Gasteiger partial charge in [-0.3, -0.25) is 9.59 Å². The molecule has 0 aromatic carbocycles. The fraction of sp³-hybridized carbons (Fsp3) is 0.846. The number of alkyl halides is 2. The molecular weight excluding hydrogens is 287 g/mol. The number of carbonyl (C=O) groups is 2. The van der Waals surface area contributed by atoms with Gasteiger partial charge in [0, 0.05) is 6.04 Å². The maximum Gasteiger partial charge on any atom is 0.239 e. The first kappa shape index (κ1) is 14.9. The third kappa shape index (κ3) is 3.34. The molecule has 4 nitrogen and oxygen atoms in total. The molecule has 6 heteroatoms. The molecule has 0 spiro atoms. The predicted molar refractivity (Wildman–Crippen MR) is 75.2 cm³/mol. The molecule has 0 aliphatic heterocycles. The molecular formula is C13H20Cl2N2O2. The maximum atomic E-state index is 11.9. The second-order valence-electron chi connectivity index (χ2n) is 5.80. The predicted octanol–water partition coefficient (Wildman–Crippen LogP) is 2.14. The first-order valence-corrected chi connectivity index (χ1v) is 7.56. The van der Waals surface area contributed by atoms with Gasteiger partial charge in [0.15, 0.2) is 0 Å². The van der Waals surface area contributed by atoms with Crippen LogP contribution in [0.1, 0.15) is 45.4 Å². The maximum absolute atomic E-state index is 11.9. The number of amides is 2. The van der Waals surface area contributed by atoms with Crippen molar-refractivity contribution in [3.05, 3.63) is 0 Å². The fourth-order valence-corrected chi connectivity index (χ4v) is 3.23. The molecule has 0 aromatic rings. The quantitative estimate of drug-likeness (QED) is 0.782. The van der Waals surface area contributed by atoms with E-state index in [1.807, 2.05) is 0 Å². The molecule has 108 valence electrons. The van der Waals surface area contributed by atoms with Gasteiger partial charge < -0.3 is 10.6 Å². The van der Waals surface area contributed by atoms with E-state index in [2.05, 4.69) is 10.6 Å². The Bertz CT molecular complexity index is 381. The second kappa shape index (κ2) is 5.49. The number of carbonyl (C=O) groups excluding carboxylic acids is 2. The summed E-state index contributed by atoms with van der Waals surface area (Å²) in [5.41, 5.74) is -0.763. The Morgan fingerprint density at radius 2 is 1.79 bits per heavy atom. The van der Waals surface area contributed by atoms with E-state index in [0.29, 0.717) is 6.42 Å². The van der Waals surface area contributed by atoms with Crippen LogP contribution in [0.5, 0.6) is 0 Å². The van der Waals surface area contributed by atoms with Gasteiger partial charge in [0.1, 0.15) is 4.33 Å². The fourth-order valence-electron chi connectivity index (χ4n) is 2.53. The molecule has 0 saturated heterocycles. The second-order valence-corrected chi connectivity index (χ2v) is 7.28. The van der Waals surface area contributed by atoms with Gasteiger partial charge in [0.2, 0.25) is 11.8 Å². The number of hydrogen-bond acceptors (Lipinski definition) is 2. The van der Waals surface area contributed by atoms with E-state index >= 15 is 0 Å². The Labute approximate surface area is 123 Å². The van der Waals surface area contributed by atoms with E-state index in [9.17, 15) is 9.59 Å². The highest BCUT2D eigenvalue weighted by Gasteiger charge is 2.67. The van der Waals surface area contributed by atoms with Crippen molar-refractivity contribution in [2.24, 2.45) is 5.41 Å². The Kier molecular flexibility index (Phi) is 4.31. The van der Waals surface area contributed by atoms with Crippen molar-refractivity contribution in [2.45, 2.75) is 55.8 Å². The van der Waals surface area contributed by atoms with Crippen LogP contribution in [0, 0.1) is 5.41 Å². The van der Waals surface area contributed by atoms with Crippen LogP contribution in [-0.4, -0.2) is 28.7 Å². The smallest absolute Gasteiger partial charge is 0.239 e. The summed E-state index contributed by atoms with van der Waals surface area (Å²) >= 11 is 11.8. The monoisotopic (exact) mass is 306 g/mol. The lowest BCUT2D eigenvalue weighted by Crippen LogP contribution is -2.44. The van der Waals surface area contributed by atoms with Gasteiger partial charge in [-0.2, -0.15) is 0 Å². The summed E-state index contributed by atoms with van der Waals surface area (Å²) in [6.45, 7) is 1.70. The van der Waals surface area contributed by atoms with Gasteiger partial charge >= 0.3 is 0 Å². The van der Waals surface area contributed by atoms with E-state index < -0.39 is 9.75 Å². The molecule has 2 N–H and O–H groups in total. The minimum Gasteiger partial charge on any atom is -0.352 e. The Hall–Kier alpha value is -0.480. The molecule has 2 aliphatic rings. The molecule has 2 saturated carbocycles. The van der Waals surface area contributed by atoms with E-state index in [0.717, 1.165) is 25.7 Å². The van der Waals surface area contributed by atoms with Gasteiger partial charge in [-0.1, -0.05) is 19.3 Å². The minimum atomic E-state index is -0.989. The van der Waals surface area contributed by atoms with Crippen LogP contribution in [0.25, 0.3) is 0 Å². The molecule has 2 aliphatic carbocycles. The zero-order valence-electron chi connectivity index (χ0n) is 11.1. The zero-order valence-corrected chi connectivity index (χ0v) is 12.6. The average molecular weight is 307 g/mol. The third-order valence-corrected chi connectivity index (χ3v) is 5.24. The molecule has 0 aromatic heterocycles. The van der Waals surface area contributed by atoms with Crippen molar-refractivity contribution in [3.63, 3.8) is 0 Å². The highest BCUT2D eigenvalue weighted by Crippen LogP contribution is 2.63. The lowest BCUT2D eigenvalue weighted by atomic mass is 9.95. The van der Waals surface area contributed by atoms with Crippen molar-refractivity contribution in [1.82, 2.24) is 10.6 Å². The summed E-state index contributed by atoms with van der Waals surface area (Å²) in [4.78, 5) is 23.6. The summed E-state index contributed by atoms with van der Waals surface area (Å²) in [6, 6.07) is 0.259. The molecule has 2 fully saturated rings. The summed E-state index contributed by atoms with van der Waals surface area (Å²) in [7, 11) is 0. The number of halogens is 2. The Morgan fingerprint density at radius 1 is 1.21 bits per heavy atom. The van der Waals surface area contributed by atoms with Crippen molar-refractivity contribution in [3.8, 4) is 0 Å². The summed E-state index contributed by atoms with van der Waals surface area (Å²) in [5, 5.41) is 5.56. The van der Waals surface area contributed by atoms with E-state index in [1.54, 1.807) is 6.92 Å². The molecule has 2 rings (SSSR count). The van der Waals surface area contributed by atoms with Gasteiger partial charge in [-0.15, -0.1) is 23.2 Å². The molecule has 1 atom stereocenters. The highest BCUT2D eigenvalue weighted by molar-refractivity contribution is 6.53.